The van der Waals surface area contributed by atoms with Crippen molar-refractivity contribution in [2.24, 2.45) is 11.7 Å². The molecule has 0 rings (SSSR count). The molecular weight excluding hydrogens is 155 g/mol. The van der Waals surface area contributed by atoms with E-state index in [1.165, 1.54) is 0 Å². The Morgan fingerprint density at radius 3 is 2.60 bits per heavy atom. The summed E-state index contributed by atoms with van der Waals surface area (Å²) in [5.41, 5.74) is 5.23. The van der Waals surface area contributed by atoms with Crippen molar-refractivity contribution in [1.82, 2.24) is 0 Å². The molecule has 2 atom stereocenters. The lowest BCUT2D eigenvalue weighted by Crippen LogP contribution is -2.32. The predicted octanol–water partition coefficient (Wildman–Crippen LogP) is 0.663. The van der Waals surface area contributed by atoms with Gasteiger partial charge in [-0.1, -0.05) is 6.92 Å². The first-order valence-corrected chi connectivity index (χ1v) is 3.65. The van der Waals surface area contributed by atoms with Crippen molar-refractivity contribution < 1.29 is 9.90 Å². The van der Waals surface area contributed by atoms with Crippen LogP contribution in [-0.4, -0.2) is 23.0 Å². The Morgan fingerprint density at radius 1 is 1.80 bits per heavy atom. The van der Waals surface area contributed by atoms with Gasteiger partial charge in [0.1, 0.15) is 6.04 Å². The average molecular weight is 167 g/mol. The molecule has 0 fully saturated rings. The summed E-state index contributed by atoms with van der Waals surface area (Å²) in [4.78, 5) is 10.2. The Balaban J connectivity index is 3.56. The quantitative estimate of drug-likeness (QED) is 0.477. The number of carbonyl (C=O) groups is 1. The van der Waals surface area contributed by atoms with Crippen molar-refractivity contribution in [1.29, 1.82) is 0 Å². The van der Waals surface area contributed by atoms with E-state index in [0.29, 0.717) is 12.3 Å². The van der Waals surface area contributed by atoms with E-state index in [9.17, 15) is 4.79 Å². The van der Waals surface area contributed by atoms with Crippen molar-refractivity contribution >= 4 is 17.6 Å². The first-order valence-electron chi connectivity index (χ1n) is 3.12. The molecule has 0 aromatic carbocycles. The van der Waals surface area contributed by atoms with Crippen LogP contribution >= 0.6 is 11.6 Å². The summed E-state index contributed by atoms with van der Waals surface area (Å²) in [6, 6.07) is -0.770. The Morgan fingerprint density at radius 2 is 2.30 bits per heavy atom. The van der Waals surface area contributed by atoms with Crippen LogP contribution in [0.25, 0.3) is 0 Å². The Bertz CT molecular complexity index is 118. The normalized spacial score (nSPS) is 16.3. The number of halogens is 1. The molecule has 0 amide bonds. The van der Waals surface area contributed by atoms with Gasteiger partial charge in [0.05, 0.1) is 0 Å². The second-order valence-electron chi connectivity index (χ2n) is 2.44. The van der Waals surface area contributed by atoms with E-state index in [0.717, 1.165) is 0 Å². The van der Waals surface area contributed by atoms with Crippen LogP contribution in [0.2, 0.25) is 0 Å². The topological polar surface area (TPSA) is 63.3 Å². The summed E-state index contributed by atoms with van der Waals surface area (Å²) in [7, 11) is 0. The first kappa shape index (κ1) is 9.72. The minimum Gasteiger partial charge on any atom is -0.480 e. The zero-order chi connectivity index (χ0) is 8.15. The third-order valence-corrected chi connectivity index (χ3v) is 1.76. The summed E-state index contributed by atoms with van der Waals surface area (Å²) in [6.45, 7) is 1.87. The Kier molecular flexibility index (Phi) is 4.40. The van der Waals surface area contributed by atoms with Crippen LogP contribution in [0.1, 0.15) is 13.3 Å². The molecule has 0 radical (unpaired) electrons. The minimum absolute atomic E-state index is 0.174. The molecule has 0 aliphatic rings. The number of aliphatic carboxylic acids is 1. The zero-order valence-electron chi connectivity index (χ0n) is 5.88. The lowest BCUT2D eigenvalue weighted by atomic mass is 10.1. The number of carboxylic acid groups (broad SMARTS) is 1. The fourth-order valence-corrected chi connectivity index (χ4v) is 0.723. The van der Waals surface area contributed by atoms with Gasteiger partial charge in [0.2, 0.25) is 0 Å². The molecule has 0 unspecified atom stereocenters. The molecule has 0 aliphatic carbocycles. The van der Waals surface area contributed by atoms with Crippen molar-refractivity contribution in [3.63, 3.8) is 0 Å². The van der Waals surface area contributed by atoms with Crippen molar-refractivity contribution in [3.8, 4) is 0 Å². The number of carboxylic acids is 1. The smallest absolute Gasteiger partial charge is 0.320 e. The maximum atomic E-state index is 10.2. The van der Waals surface area contributed by atoms with E-state index >= 15 is 0 Å². The summed E-state index contributed by atoms with van der Waals surface area (Å²) in [6.07, 6.45) is 0.443. The molecule has 4 heteroatoms. The van der Waals surface area contributed by atoms with Gasteiger partial charge in [-0.25, -0.2) is 0 Å². The average Bonchev–Trinajstić information content (AvgIpc) is 1.87. The molecule has 0 aromatic rings. The molecule has 0 heterocycles. The summed E-state index contributed by atoms with van der Waals surface area (Å²) >= 11 is 5.45. The molecule has 0 spiro atoms. The second-order valence-corrected chi connectivity index (χ2v) is 2.75. The van der Waals surface area contributed by atoms with E-state index in [2.05, 4.69) is 0 Å². The highest BCUT2D eigenvalue weighted by Crippen LogP contribution is 2.05. The maximum absolute atomic E-state index is 10.2. The van der Waals surface area contributed by atoms with E-state index in [-0.39, 0.29) is 5.92 Å². The monoisotopic (exact) mass is 166 g/mol. The standard InChI is InChI=1S/C6H12ClNO2/c1-4(3-7)2-5(8)6(9)10/h4-5H,2-3,8H2,1H3,(H,9,10)/t4-,5-/m0/s1/i1+1. The van der Waals surface area contributed by atoms with E-state index in [1.54, 1.807) is 0 Å². The molecule has 0 saturated carbocycles. The molecule has 3 nitrogen and oxygen atoms in total. The van der Waals surface area contributed by atoms with Gasteiger partial charge in [0, 0.05) is 5.88 Å². The predicted molar refractivity (Wildman–Crippen MR) is 40.1 cm³/mol. The van der Waals surface area contributed by atoms with Gasteiger partial charge in [-0.15, -0.1) is 11.6 Å². The molecular formula is C6H12ClNO2. The van der Waals surface area contributed by atoms with Crippen LogP contribution in [0.15, 0.2) is 0 Å². The number of hydrogen-bond donors (Lipinski definition) is 2. The van der Waals surface area contributed by atoms with Gasteiger partial charge >= 0.3 is 5.97 Å². The third-order valence-electron chi connectivity index (χ3n) is 1.24. The van der Waals surface area contributed by atoms with E-state index < -0.39 is 12.0 Å². The zero-order valence-corrected chi connectivity index (χ0v) is 6.64. The van der Waals surface area contributed by atoms with Gasteiger partial charge in [0.25, 0.3) is 0 Å². The third kappa shape index (κ3) is 3.69. The van der Waals surface area contributed by atoms with E-state index in [4.69, 9.17) is 22.4 Å². The highest BCUT2D eigenvalue weighted by atomic mass is 35.5. The van der Waals surface area contributed by atoms with Crippen LogP contribution in [0, 0.1) is 5.92 Å². The molecule has 0 bridgehead atoms. The van der Waals surface area contributed by atoms with Crippen LogP contribution in [0.5, 0.6) is 0 Å². The van der Waals surface area contributed by atoms with Crippen molar-refractivity contribution in [2.45, 2.75) is 19.4 Å². The first-order chi connectivity index (χ1) is 4.57. The van der Waals surface area contributed by atoms with Crippen LogP contribution in [0.3, 0.4) is 0 Å². The molecule has 0 aromatic heterocycles. The number of rotatable bonds is 4. The van der Waals surface area contributed by atoms with Crippen LogP contribution in [0.4, 0.5) is 0 Å². The lowest BCUT2D eigenvalue weighted by molar-refractivity contribution is -0.138. The maximum Gasteiger partial charge on any atom is 0.320 e. The van der Waals surface area contributed by atoms with Crippen molar-refractivity contribution in [2.75, 3.05) is 5.88 Å². The van der Waals surface area contributed by atoms with Crippen molar-refractivity contribution in [3.05, 3.63) is 0 Å². The van der Waals surface area contributed by atoms with Gasteiger partial charge < -0.3 is 10.8 Å². The number of alkyl halides is 1. The van der Waals surface area contributed by atoms with Crippen LogP contribution in [-0.2, 0) is 4.79 Å². The summed E-state index contributed by atoms with van der Waals surface area (Å²) in [5.74, 6) is -0.328. The van der Waals surface area contributed by atoms with Crippen LogP contribution < -0.4 is 5.73 Å². The van der Waals surface area contributed by atoms with Gasteiger partial charge in [-0.2, -0.15) is 0 Å². The molecule has 60 valence electrons. The Hall–Kier alpha value is -0.280. The molecule has 3 N–H and O–H groups in total. The highest BCUT2D eigenvalue weighted by Gasteiger charge is 2.14. The summed E-state index contributed by atoms with van der Waals surface area (Å²) in [5, 5.41) is 8.36. The largest absolute Gasteiger partial charge is 0.480 e. The SMILES string of the molecule is [13CH3][C@H](CCl)C[C@H](N)C(=O)O. The molecule has 10 heavy (non-hydrogen) atoms. The fraction of sp³-hybridized carbons (Fsp3) is 0.833. The molecule has 0 saturated heterocycles. The number of hydrogen-bond acceptors (Lipinski definition) is 2. The second kappa shape index (κ2) is 4.52. The highest BCUT2D eigenvalue weighted by molar-refractivity contribution is 6.18. The van der Waals surface area contributed by atoms with Gasteiger partial charge in [-0.05, 0) is 12.3 Å². The van der Waals surface area contributed by atoms with Gasteiger partial charge in [-0.3, -0.25) is 4.79 Å². The Labute approximate surface area is 65.2 Å². The summed E-state index contributed by atoms with van der Waals surface area (Å²) < 4.78 is 0. The molecule has 0 aliphatic heterocycles. The van der Waals surface area contributed by atoms with Gasteiger partial charge in [0.15, 0.2) is 0 Å². The fourth-order valence-electron chi connectivity index (χ4n) is 0.597. The number of nitrogens with two attached hydrogens (primary N) is 1. The van der Waals surface area contributed by atoms with E-state index in [1.807, 2.05) is 6.92 Å². The minimum atomic E-state index is -0.961. The lowest BCUT2D eigenvalue weighted by Gasteiger charge is -2.09.